The zero-order valence-electron chi connectivity index (χ0n) is 13.5. The summed E-state index contributed by atoms with van der Waals surface area (Å²) in [4.78, 5) is 10.8. The van der Waals surface area contributed by atoms with Crippen molar-refractivity contribution in [2.24, 2.45) is 10.8 Å². The van der Waals surface area contributed by atoms with Crippen LogP contribution in [0.2, 0.25) is 10.0 Å². The fraction of sp³-hybridized carbons (Fsp3) is 0.111. The number of nitrogens with zero attached hydrogens (tertiary/aromatic N) is 2. The van der Waals surface area contributed by atoms with E-state index < -0.39 is 6.03 Å². The second-order valence-electron chi connectivity index (χ2n) is 5.59. The van der Waals surface area contributed by atoms with E-state index in [2.05, 4.69) is 15.1 Å². The lowest BCUT2D eigenvalue weighted by atomic mass is 10.1. The lowest BCUT2D eigenvalue weighted by Gasteiger charge is -2.09. The summed E-state index contributed by atoms with van der Waals surface area (Å²) in [6.07, 6.45) is 1.60. The highest BCUT2D eigenvalue weighted by molar-refractivity contribution is 6.42. The molecular weight excluding hydrogens is 359 g/mol. The van der Waals surface area contributed by atoms with Gasteiger partial charge in [0.25, 0.3) is 0 Å². The van der Waals surface area contributed by atoms with Crippen LogP contribution in [0.4, 0.5) is 4.79 Å². The molecule has 3 rings (SSSR count). The molecule has 7 heteroatoms. The number of urea groups is 1. The molecule has 0 atom stereocenters. The average Bonchev–Trinajstić information content (AvgIpc) is 2.84. The number of hydrogen-bond acceptors (Lipinski definition) is 2. The van der Waals surface area contributed by atoms with E-state index in [0.29, 0.717) is 16.6 Å². The number of para-hydroxylation sites is 1. The zero-order valence-corrected chi connectivity index (χ0v) is 15.0. The highest BCUT2D eigenvalue weighted by Gasteiger charge is 2.13. The molecule has 3 N–H and O–H groups in total. The van der Waals surface area contributed by atoms with E-state index in [1.165, 1.54) is 0 Å². The van der Waals surface area contributed by atoms with E-state index >= 15 is 0 Å². The maximum Gasteiger partial charge on any atom is 0.332 e. The second-order valence-corrected chi connectivity index (χ2v) is 6.40. The number of nitrogens with two attached hydrogens (primary N) is 1. The van der Waals surface area contributed by atoms with E-state index in [-0.39, 0.29) is 0 Å². The van der Waals surface area contributed by atoms with E-state index in [9.17, 15) is 4.79 Å². The third-order valence-corrected chi connectivity index (χ3v) is 4.71. The average molecular weight is 375 g/mol. The van der Waals surface area contributed by atoms with Gasteiger partial charge < -0.3 is 10.3 Å². The molecule has 25 heavy (non-hydrogen) atoms. The van der Waals surface area contributed by atoms with Crippen molar-refractivity contribution in [2.75, 3.05) is 0 Å². The Kier molecular flexibility index (Phi) is 4.97. The summed E-state index contributed by atoms with van der Waals surface area (Å²) < 4.78 is 2.17. The SMILES string of the molecule is Cc1c(C=NNC(N)=O)c2ccccc2n1Cc1ccc(Cl)c(Cl)c1. The number of carbonyl (C=O) groups is 1. The van der Waals surface area contributed by atoms with Gasteiger partial charge in [-0.05, 0) is 30.7 Å². The van der Waals surface area contributed by atoms with Crippen molar-refractivity contribution in [2.45, 2.75) is 13.5 Å². The first-order chi connectivity index (χ1) is 12.0. The van der Waals surface area contributed by atoms with Crippen molar-refractivity contribution in [1.29, 1.82) is 0 Å². The second kappa shape index (κ2) is 7.17. The Morgan fingerprint density at radius 1 is 1.24 bits per heavy atom. The predicted octanol–water partition coefficient (Wildman–Crippen LogP) is 4.31. The number of benzene rings is 2. The third-order valence-electron chi connectivity index (χ3n) is 3.97. The van der Waals surface area contributed by atoms with Crippen molar-refractivity contribution >= 4 is 46.4 Å². The number of aromatic nitrogens is 1. The van der Waals surface area contributed by atoms with Crippen LogP contribution in [-0.2, 0) is 6.54 Å². The lowest BCUT2D eigenvalue weighted by molar-refractivity contribution is 0.249. The molecule has 0 spiro atoms. The minimum absolute atomic E-state index is 0.528. The van der Waals surface area contributed by atoms with Gasteiger partial charge in [0.1, 0.15) is 0 Å². The summed E-state index contributed by atoms with van der Waals surface area (Å²) in [7, 11) is 0. The number of nitrogens with one attached hydrogen (secondary N) is 1. The highest BCUT2D eigenvalue weighted by Crippen LogP contribution is 2.27. The molecule has 1 aromatic heterocycles. The third kappa shape index (κ3) is 3.62. The monoisotopic (exact) mass is 374 g/mol. The molecule has 2 amide bonds. The molecular formula is C18H16Cl2N4O. The molecule has 0 saturated carbocycles. The van der Waals surface area contributed by atoms with Crippen LogP contribution in [-0.4, -0.2) is 16.8 Å². The van der Waals surface area contributed by atoms with E-state index in [1.807, 2.05) is 43.3 Å². The van der Waals surface area contributed by atoms with Gasteiger partial charge in [-0.3, -0.25) is 0 Å². The Hall–Kier alpha value is -2.50. The van der Waals surface area contributed by atoms with Crippen LogP contribution in [0.5, 0.6) is 0 Å². The maximum atomic E-state index is 10.8. The van der Waals surface area contributed by atoms with Gasteiger partial charge in [-0.25, -0.2) is 10.2 Å². The quantitative estimate of drug-likeness (QED) is 0.518. The Morgan fingerprint density at radius 2 is 2.00 bits per heavy atom. The largest absolute Gasteiger partial charge is 0.350 e. The van der Waals surface area contributed by atoms with Gasteiger partial charge in [0, 0.05) is 28.7 Å². The molecule has 0 aliphatic heterocycles. The zero-order chi connectivity index (χ0) is 18.0. The molecule has 0 radical (unpaired) electrons. The lowest BCUT2D eigenvalue weighted by Crippen LogP contribution is -2.24. The van der Waals surface area contributed by atoms with E-state index in [4.69, 9.17) is 28.9 Å². The summed E-state index contributed by atoms with van der Waals surface area (Å²) in [5.41, 5.74) is 11.3. The van der Waals surface area contributed by atoms with Crippen LogP contribution in [0.15, 0.2) is 47.6 Å². The molecule has 0 bridgehead atoms. The number of fused-ring (bicyclic) bond motifs is 1. The number of halogens is 2. The van der Waals surface area contributed by atoms with Gasteiger partial charge in [-0.2, -0.15) is 5.10 Å². The molecule has 0 saturated heterocycles. The Labute approximate surface area is 155 Å². The van der Waals surface area contributed by atoms with E-state index in [0.717, 1.165) is 27.7 Å². The molecule has 3 aromatic rings. The minimum Gasteiger partial charge on any atom is -0.350 e. The van der Waals surface area contributed by atoms with Gasteiger partial charge in [0.05, 0.1) is 16.3 Å². The topological polar surface area (TPSA) is 72.4 Å². The van der Waals surface area contributed by atoms with Crippen LogP contribution in [0.25, 0.3) is 10.9 Å². The van der Waals surface area contributed by atoms with Crippen LogP contribution in [0.1, 0.15) is 16.8 Å². The Bertz CT molecular complexity index is 979. The first kappa shape index (κ1) is 17.3. The minimum atomic E-state index is -0.701. The molecule has 1 heterocycles. The van der Waals surface area contributed by atoms with Crippen LogP contribution in [0, 0.1) is 6.92 Å². The van der Waals surface area contributed by atoms with Gasteiger partial charge in [0.2, 0.25) is 0 Å². The number of rotatable bonds is 4. The molecule has 0 unspecified atom stereocenters. The molecule has 0 aliphatic rings. The summed E-state index contributed by atoms with van der Waals surface area (Å²) in [6.45, 7) is 2.64. The van der Waals surface area contributed by atoms with Gasteiger partial charge in [0.15, 0.2) is 0 Å². The molecule has 2 aromatic carbocycles. The Morgan fingerprint density at radius 3 is 2.72 bits per heavy atom. The fourth-order valence-corrected chi connectivity index (χ4v) is 3.13. The number of primary amides is 1. The van der Waals surface area contributed by atoms with Crippen molar-refractivity contribution in [3.8, 4) is 0 Å². The van der Waals surface area contributed by atoms with Crippen molar-refractivity contribution in [3.05, 3.63) is 69.3 Å². The molecule has 0 aliphatic carbocycles. The summed E-state index contributed by atoms with van der Waals surface area (Å²) in [5, 5.41) is 5.99. The standard InChI is InChI=1S/C18H16Cl2N4O/c1-11-14(9-22-23-18(21)25)13-4-2-3-5-17(13)24(11)10-12-6-7-15(19)16(20)8-12/h2-9H,10H2,1H3,(H3,21,23,25). The van der Waals surface area contributed by atoms with Gasteiger partial charge in [-0.1, -0.05) is 47.5 Å². The van der Waals surface area contributed by atoms with Crippen LogP contribution < -0.4 is 11.2 Å². The fourth-order valence-electron chi connectivity index (χ4n) is 2.81. The van der Waals surface area contributed by atoms with E-state index in [1.54, 1.807) is 12.3 Å². The maximum absolute atomic E-state index is 10.8. The summed E-state index contributed by atoms with van der Waals surface area (Å²) in [5.74, 6) is 0. The number of amides is 2. The normalized spacial score (nSPS) is 11.3. The number of hydrazone groups is 1. The molecule has 128 valence electrons. The van der Waals surface area contributed by atoms with Crippen molar-refractivity contribution in [3.63, 3.8) is 0 Å². The van der Waals surface area contributed by atoms with Crippen LogP contribution >= 0.6 is 23.2 Å². The number of hydrogen-bond donors (Lipinski definition) is 2. The first-order valence-electron chi connectivity index (χ1n) is 7.57. The predicted molar refractivity (Wildman–Crippen MR) is 103 cm³/mol. The number of carbonyl (C=O) groups excluding carboxylic acids is 1. The van der Waals surface area contributed by atoms with Crippen molar-refractivity contribution in [1.82, 2.24) is 9.99 Å². The summed E-state index contributed by atoms with van der Waals surface area (Å²) in [6, 6.07) is 12.9. The van der Waals surface area contributed by atoms with Gasteiger partial charge >= 0.3 is 6.03 Å². The van der Waals surface area contributed by atoms with Gasteiger partial charge in [-0.15, -0.1) is 0 Å². The first-order valence-corrected chi connectivity index (χ1v) is 8.33. The highest BCUT2D eigenvalue weighted by atomic mass is 35.5. The van der Waals surface area contributed by atoms with Crippen molar-refractivity contribution < 1.29 is 4.79 Å². The molecule has 0 fully saturated rings. The Balaban J connectivity index is 2.05. The summed E-state index contributed by atoms with van der Waals surface area (Å²) >= 11 is 12.1. The molecule has 5 nitrogen and oxygen atoms in total. The smallest absolute Gasteiger partial charge is 0.332 e. The van der Waals surface area contributed by atoms with Crippen LogP contribution in [0.3, 0.4) is 0 Å².